The molecule has 2 aromatic rings. The highest BCUT2D eigenvalue weighted by Crippen LogP contribution is 2.42. The van der Waals surface area contributed by atoms with Crippen LogP contribution in [-0.4, -0.2) is 38.8 Å². The number of benzene rings is 2. The number of aryl methyl sites for hydroxylation is 1. The van der Waals surface area contributed by atoms with Crippen molar-refractivity contribution in [3.8, 4) is 11.5 Å². The zero-order chi connectivity index (χ0) is 20.6. The van der Waals surface area contributed by atoms with Gasteiger partial charge in [-0.1, -0.05) is 44.2 Å². The molecule has 0 saturated heterocycles. The van der Waals surface area contributed by atoms with Crippen LogP contribution in [0.15, 0.2) is 36.4 Å². The Labute approximate surface area is 177 Å². The topological polar surface area (TPSA) is 21.7 Å². The number of methoxy groups -OCH3 is 2. The molecule has 0 aromatic heterocycles. The average Bonchev–Trinajstić information content (AvgIpc) is 2.77. The quantitative estimate of drug-likeness (QED) is 0.519. The van der Waals surface area contributed by atoms with Crippen molar-refractivity contribution in [2.75, 3.05) is 33.9 Å². The highest BCUT2D eigenvalue weighted by molar-refractivity contribution is 5.53. The molecule has 3 nitrogen and oxygen atoms in total. The molecule has 158 valence electrons. The van der Waals surface area contributed by atoms with Gasteiger partial charge in [-0.15, -0.1) is 0 Å². The molecule has 0 fully saturated rings. The predicted molar refractivity (Wildman–Crippen MR) is 121 cm³/mol. The molecule has 29 heavy (non-hydrogen) atoms. The summed E-state index contributed by atoms with van der Waals surface area (Å²) in [4.78, 5) is 2.66. The molecule has 1 aliphatic rings. The summed E-state index contributed by atoms with van der Waals surface area (Å²) in [6.45, 7) is 7.91. The third kappa shape index (κ3) is 5.33. The monoisotopic (exact) mass is 395 g/mol. The van der Waals surface area contributed by atoms with Gasteiger partial charge in [0.1, 0.15) is 0 Å². The van der Waals surface area contributed by atoms with Gasteiger partial charge >= 0.3 is 0 Å². The number of ether oxygens (including phenoxy) is 2. The Kier molecular flexibility index (Phi) is 8.00. The second-order valence-electron chi connectivity index (χ2n) is 8.18. The lowest BCUT2D eigenvalue weighted by atomic mass is 9.81. The summed E-state index contributed by atoms with van der Waals surface area (Å²) >= 11 is 0. The maximum atomic E-state index is 5.72. The fourth-order valence-corrected chi connectivity index (χ4v) is 4.67. The van der Waals surface area contributed by atoms with Gasteiger partial charge in [0.15, 0.2) is 11.5 Å². The first-order valence-corrected chi connectivity index (χ1v) is 11.2. The van der Waals surface area contributed by atoms with E-state index in [1.54, 1.807) is 14.2 Å². The van der Waals surface area contributed by atoms with Gasteiger partial charge < -0.3 is 14.4 Å². The molecule has 0 amide bonds. The third-order valence-corrected chi connectivity index (χ3v) is 6.27. The first-order valence-electron chi connectivity index (χ1n) is 11.2. The van der Waals surface area contributed by atoms with Gasteiger partial charge in [-0.25, -0.2) is 0 Å². The summed E-state index contributed by atoms with van der Waals surface area (Å²) < 4.78 is 11.2. The fourth-order valence-electron chi connectivity index (χ4n) is 4.67. The maximum Gasteiger partial charge on any atom is 0.164 e. The van der Waals surface area contributed by atoms with E-state index in [9.17, 15) is 0 Å². The molecule has 2 aromatic carbocycles. The predicted octanol–water partition coefficient (Wildman–Crippen LogP) is 5.64. The Hall–Kier alpha value is -2.00. The number of hydrogen-bond donors (Lipinski definition) is 0. The minimum Gasteiger partial charge on any atom is -0.493 e. The van der Waals surface area contributed by atoms with Crippen LogP contribution in [0.1, 0.15) is 61.3 Å². The van der Waals surface area contributed by atoms with E-state index < -0.39 is 0 Å². The molecule has 3 rings (SSSR count). The molecular weight excluding hydrogens is 358 g/mol. The lowest BCUT2D eigenvalue weighted by Crippen LogP contribution is -2.32. The summed E-state index contributed by atoms with van der Waals surface area (Å²) in [5.41, 5.74) is 5.68. The van der Waals surface area contributed by atoms with Crippen molar-refractivity contribution in [3.05, 3.63) is 58.7 Å². The van der Waals surface area contributed by atoms with Crippen LogP contribution in [-0.2, 0) is 19.3 Å². The molecule has 0 N–H and O–H groups in total. The van der Waals surface area contributed by atoms with Crippen LogP contribution < -0.4 is 9.47 Å². The molecule has 0 unspecified atom stereocenters. The standard InChI is InChI=1S/C26H37NO2/c1-5-17-27(18-16-21-12-10-20(6-2)11-13-21)19-22-8-7-9-24-23(22)14-15-25(28-3)26(24)29-4/h10-15,22H,5-9,16-19H2,1-4H3/t22-/m1/s1. The van der Waals surface area contributed by atoms with E-state index in [2.05, 4.69) is 55.1 Å². The number of nitrogens with zero attached hydrogens (tertiary/aromatic N) is 1. The van der Waals surface area contributed by atoms with Crippen LogP contribution in [0, 0.1) is 0 Å². The Morgan fingerprint density at radius 1 is 0.931 bits per heavy atom. The molecule has 0 heterocycles. The number of hydrogen-bond acceptors (Lipinski definition) is 3. The van der Waals surface area contributed by atoms with Crippen molar-refractivity contribution in [1.29, 1.82) is 0 Å². The molecule has 0 spiro atoms. The zero-order valence-electron chi connectivity index (χ0n) is 18.7. The van der Waals surface area contributed by atoms with Crippen molar-refractivity contribution in [3.63, 3.8) is 0 Å². The lowest BCUT2D eigenvalue weighted by Gasteiger charge is -2.32. The second kappa shape index (κ2) is 10.7. The van der Waals surface area contributed by atoms with E-state index in [1.807, 2.05) is 0 Å². The van der Waals surface area contributed by atoms with Crippen LogP contribution in [0.2, 0.25) is 0 Å². The van der Waals surface area contributed by atoms with E-state index in [1.165, 1.54) is 41.5 Å². The minimum atomic E-state index is 0.576. The Balaban J connectivity index is 1.71. The fraction of sp³-hybridized carbons (Fsp3) is 0.538. The first-order chi connectivity index (χ1) is 14.2. The first kappa shape index (κ1) is 21.7. The van der Waals surface area contributed by atoms with Crippen molar-refractivity contribution >= 4 is 0 Å². The molecule has 1 atom stereocenters. The van der Waals surface area contributed by atoms with Gasteiger partial charge in [0.2, 0.25) is 0 Å². The average molecular weight is 396 g/mol. The van der Waals surface area contributed by atoms with Gasteiger partial charge in [0.05, 0.1) is 14.2 Å². The Morgan fingerprint density at radius 3 is 2.34 bits per heavy atom. The SMILES string of the molecule is CCCN(CCc1ccc(CC)cc1)C[C@H]1CCCc2c1ccc(OC)c2OC. The number of rotatable bonds is 10. The molecular formula is C26H37NO2. The molecule has 1 aliphatic carbocycles. The molecule has 0 radical (unpaired) electrons. The Morgan fingerprint density at radius 2 is 1.69 bits per heavy atom. The van der Waals surface area contributed by atoms with Crippen molar-refractivity contribution < 1.29 is 9.47 Å². The highest BCUT2D eigenvalue weighted by Gasteiger charge is 2.26. The summed E-state index contributed by atoms with van der Waals surface area (Å²) in [5, 5.41) is 0. The Bertz CT molecular complexity index is 769. The smallest absolute Gasteiger partial charge is 0.164 e. The second-order valence-corrected chi connectivity index (χ2v) is 8.18. The summed E-state index contributed by atoms with van der Waals surface area (Å²) in [7, 11) is 3.48. The van der Waals surface area contributed by atoms with Gasteiger partial charge in [0.25, 0.3) is 0 Å². The normalized spacial score (nSPS) is 16.0. The minimum absolute atomic E-state index is 0.576. The third-order valence-electron chi connectivity index (χ3n) is 6.27. The maximum absolute atomic E-state index is 5.72. The van der Waals surface area contributed by atoms with Gasteiger partial charge in [0, 0.05) is 18.7 Å². The van der Waals surface area contributed by atoms with Gasteiger partial charge in [-0.2, -0.15) is 0 Å². The molecule has 3 heteroatoms. The van der Waals surface area contributed by atoms with E-state index in [0.717, 1.165) is 50.4 Å². The largest absolute Gasteiger partial charge is 0.493 e. The van der Waals surface area contributed by atoms with E-state index >= 15 is 0 Å². The van der Waals surface area contributed by atoms with E-state index in [0.29, 0.717) is 5.92 Å². The van der Waals surface area contributed by atoms with Crippen molar-refractivity contribution in [2.45, 2.75) is 58.3 Å². The lowest BCUT2D eigenvalue weighted by molar-refractivity contribution is 0.249. The van der Waals surface area contributed by atoms with Crippen LogP contribution in [0.5, 0.6) is 11.5 Å². The number of fused-ring (bicyclic) bond motifs is 1. The van der Waals surface area contributed by atoms with E-state index in [4.69, 9.17) is 9.47 Å². The van der Waals surface area contributed by atoms with Gasteiger partial charge in [-0.05, 0) is 73.7 Å². The zero-order valence-corrected chi connectivity index (χ0v) is 18.7. The van der Waals surface area contributed by atoms with Crippen LogP contribution in [0.25, 0.3) is 0 Å². The van der Waals surface area contributed by atoms with Crippen molar-refractivity contribution in [1.82, 2.24) is 4.90 Å². The van der Waals surface area contributed by atoms with Crippen LogP contribution >= 0.6 is 0 Å². The van der Waals surface area contributed by atoms with Gasteiger partial charge in [-0.3, -0.25) is 0 Å². The summed E-state index contributed by atoms with van der Waals surface area (Å²) in [5.74, 6) is 2.37. The molecule has 0 bridgehead atoms. The highest BCUT2D eigenvalue weighted by atomic mass is 16.5. The summed E-state index contributed by atoms with van der Waals surface area (Å²) in [6.07, 6.45) is 6.99. The van der Waals surface area contributed by atoms with Crippen LogP contribution in [0.3, 0.4) is 0 Å². The van der Waals surface area contributed by atoms with Crippen LogP contribution in [0.4, 0.5) is 0 Å². The summed E-state index contributed by atoms with van der Waals surface area (Å²) in [6, 6.07) is 13.5. The molecule has 0 saturated carbocycles. The molecule has 0 aliphatic heterocycles. The van der Waals surface area contributed by atoms with Crippen molar-refractivity contribution in [2.24, 2.45) is 0 Å². The van der Waals surface area contributed by atoms with E-state index in [-0.39, 0.29) is 0 Å².